The van der Waals surface area contributed by atoms with Gasteiger partial charge in [0, 0.05) is 0 Å². The number of hydrogen-bond acceptors (Lipinski definition) is 3. The van der Waals surface area contributed by atoms with Crippen LogP contribution in [-0.2, 0) is 14.3 Å². The first-order valence-electron chi connectivity index (χ1n) is 8.61. The third-order valence-electron chi connectivity index (χ3n) is 3.77. The summed E-state index contributed by atoms with van der Waals surface area (Å²) in [5.41, 5.74) is 0. The zero-order valence-corrected chi connectivity index (χ0v) is 17.5. The predicted octanol–water partition coefficient (Wildman–Crippen LogP) is 4.93. The van der Waals surface area contributed by atoms with Gasteiger partial charge in [0.05, 0.1) is 11.5 Å². The van der Waals surface area contributed by atoms with Gasteiger partial charge in [0.25, 0.3) is 10.1 Å². The van der Waals surface area contributed by atoms with Gasteiger partial charge in [-0.15, -0.1) is 0 Å². The molecular formula is C18H30CaO3S+2. The first kappa shape index (κ1) is 23.4. The maximum Gasteiger partial charge on any atom is 2.00 e. The molecule has 0 heterocycles. The fourth-order valence-corrected chi connectivity index (χ4v) is 3.38. The molecule has 0 unspecified atom stereocenters. The van der Waals surface area contributed by atoms with E-state index in [1.165, 1.54) is 51.4 Å². The Balaban J connectivity index is 0.00000484. The summed E-state index contributed by atoms with van der Waals surface area (Å²) >= 11 is 0. The third kappa shape index (κ3) is 11.5. The van der Waals surface area contributed by atoms with Gasteiger partial charge in [-0.05, 0) is 18.6 Å². The molecule has 0 aromatic heterocycles. The predicted molar refractivity (Wildman–Crippen MR) is 97.2 cm³/mol. The molecule has 0 bridgehead atoms. The van der Waals surface area contributed by atoms with Crippen molar-refractivity contribution in [3.8, 4) is 0 Å². The summed E-state index contributed by atoms with van der Waals surface area (Å²) in [5.74, 6) is 0. The van der Waals surface area contributed by atoms with Crippen LogP contribution in [0.1, 0.15) is 71.1 Å². The normalized spacial score (nSPS) is 11.2. The molecule has 0 fully saturated rings. The number of benzene rings is 1. The van der Waals surface area contributed by atoms with Crippen molar-refractivity contribution in [2.45, 2.75) is 76.0 Å². The minimum atomic E-state index is -3.57. The second-order valence-corrected chi connectivity index (χ2v) is 7.39. The summed E-state index contributed by atoms with van der Waals surface area (Å²) < 4.78 is 28.8. The van der Waals surface area contributed by atoms with Crippen LogP contribution in [0.15, 0.2) is 35.2 Å². The zero-order valence-electron chi connectivity index (χ0n) is 14.5. The SMILES string of the molecule is CCCCCCCCCCCCOS(=O)(=O)c1ccccc1.[Ca+2]. The van der Waals surface area contributed by atoms with E-state index in [0.717, 1.165) is 12.8 Å². The van der Waals surface area contributed by atoms with Gasteiger partial charge in [0.2, 0.25) is 0 Å². The van der Waals surface area contributed by atoms with Crippen LogP contribution < -0.4 is 0 Å². The van der Waals surface area contributed by atoms with Crippen molar-refractivity contribution in [1.82, 2.24) is 0 Å². The molecule has 0 saturated carbocycles. The Kier molecular flexibility index (Phi) is 15.0. The minimum absolute atomic E-state index is 0. The second kappa shape index (κ2) is 14.7. The number of hydrogen-bond donors (Lipinski definition) is 0. The van der Waals surface area contributed by atoms with Crippen molar-refractivity contribution in [3.05, 3.63) is 30.3 Å². The van der Waals surface area contributed by atoms with Gasteiger partial charge in [0.15, 0.2) is 0 Å². The van der Waals surface area contributed by atoms with E-state index in [9.17, 15) is 8.42 Å². The van der Waals surface area contributed by atoms with E-state index in [4.69, 9.17) is 4.18 Å². The molecule has 1 rings (SSSR count). The monoisotopic (exact) mass is 366 g/mol. The molecule has 1 aromatic carbocycles. The molecule has 126 valence electrons. The maximum absolute atomic E-state index is 11.9. The summed E-state index contributed by atoms with van der Waals surface area (Å²) in [6.07, 6.45) is 12.3. The van der Waals surface area contributed by atoms with Gasteiger partial charge in [-0.3, -0.25) is 4.18 Å². The first-order valence-corrected chi connectivity index (χ1v) is 10.0. The van der Waals surface area contributed by atoms with Crippen LogP contribution in [0.4, 0.5) is 0 Å². The molecule has 0 saturated heterocycles. The number of unbranched alkanes of at least 4 members (excludes halogenated alkanes) is 9. The molecule has 0 aliphatic heterocycles. The molecule has 23 heavy (non-hydrogen) atoms. The quantitative estimate of drug-likeness (QED) is 0.282. The first-order chi connectivity index (χ1) is 10.7. The van der Waals surface area contributed by atoms with Crippen LogP contribution in [0.25, 0.3) is 0 Å². The van der Waals surface area contributed by atoms with Gasteiger partial charge in [-0.2, -0.15) is 8.42 Å². The molecule has 0 aliphatic carbocycles. The van der Waals surface area contributed by atoms with Crippen LogP contribution in [0, 0.1) is 0 Å². The van der Waals surface area contributed by atoms with Gasteiger partial charge in [-0.1, -0.05) is 82.9 Å². The van der Waals surface area contributed by atoms with E-state index in [1.54, 1.807) is 30.3 Å². The standard InChI is InChI=1S/C18H30O3S.Ca/c1-2-3-4-5-6-7-8-9-10-14-17-21-22(19,20)18-15-12-11-13-16-18;/h11-13,15-16H,2-10,14,17H2,1H3;/q;+2. The molecule has 0 aliphatic rings. The van der Waals surface area contributed by atoms with E-state index >= 15 is 0 Å². The van der Waals surface area contributed by atoms with Crippen LogP contribution in [0.5, 0.6) is 0 Å². The van der Waals surface area contributed by atoms with E-state index in [1.807, 2.05) is 0 Å². The Bertz CT molecular complexity index is 474. The molecule has 0 radical (unpaired) electrons. The largest absolute Gasteiger partial charge is 2.00 e. The van der Waals surface area contributed by atoms with Crippen LogP contribution in [0.3, 0.4) is 0 Å². The fourth-order valence-electron chi connectivity index (χ4n) is 2.41. The Morgan fingerprint density at radius 2 is 1.26 bits per heavy atom. The van der Waals surface area contributed by atoms with E-state index in [0.29, 0.717) is 0 Å². The number of rotatable bonds is 13. The van der Waals surface area contributed by atoms with Gasteiger partial charge in [-0.25, -0.2) is 0 Å². The van der Waals surface area contributed by atoms with Gasteiger partial charge < -0.3 is 0 Å². The molecule has 1 aromatic rings. The van der Waals surface area contributed by atoms with Crippen LogP contribution in [0.2, 0.25) is 0 Å². The molecule has 0 amide bonds. The summed E-state index contributed by atoms with van der Waals surface area (Å²) in [6.45, 7) is 2.52. The van der Waals surface area contributed by atoms with E-state index in [2.05, 4.69) is 6.92 Å². The maximum atomic E-state index is 11.9. The fraction of sp³-hybridized carbons (Fsp3) is 0.667. The average molecular weight is 367 g/mol. The van der Waals surface area contributed by atoms with Crippen LogP contribution >= 0.6 is 0 Å². The smallest absolute Gasteiger partial charge is 0.266 e. The summed E-state index contributed by atoms with van der Waals surface area (Å²) in [7, 11) is -3.57. The topological polar surface area (TPSA) is 43.4 Å². The summed E-state index contributed by atoms with van der Waals surface area (Å²) in [4.78, 5) is 0.238. The van der Waals surface area contributed by atoms with Crippen molar-refractivity contribution < 1.29 is 12.6 Å². The van der Waals surface area contributed by atoms with Crippen molar-refractivity contribution in [2.24, 2.45) is 0 Å². The minimum Gasteiger partial charge on any atom is -0.266 e. The van der Waals surface area contributed by atoms with Crippen LogP contribution in [-0.4, -0.2) is 52.8 Å². The molecule has 5 heteroatoms. The molecule has 0 atom stereocenters. The third-order valence-corrected chi connectivity index (χ3v) is 5.09. The summed E-state index contributed by atoms with van der Waals surface area (Å²) in [5, 5.41) is 0. The van der Waals surface area contributed by atoms with E-state index in [-0.39, 0.29) is 49.2 Å². The Hall–Kier alpha value is 0.390. The molecular weight excluding hydrogens is 336 g/mol. The van der Waals surface area contributed by atoms with E-state index < -0.39 is 10.1 Å². The van der Waals surface area contributed by atoms with Crippen molar-refractivity contribution in [2.75, 3.05) is 6.61 Å². The Morgan fingerprint density at radius 3 is 1.78 bits per heavy atom. The van der Waals surface area contributed by atoms with Crippen molar-refractivity contribution in [3.63, 3.8) is 0 Å². The Labute approximate surface area is 172 Å². The molecule has 3 nitrogen and oxygen atoms in total. The Morgan fingerprint density at radius 1 is 0.783 bits per heavy atom. The van der Waals surface area contributed by atoms with Gasteiger partial charge >= 0.3 is 37.7 Å². The van der Waals surface area contributed by atoms with Crippen molar-refractivity contribution in [1.29, 1.82) is 0 Å². The second-order valence-electron chi connectivity index (χ2n) is 5.77. The molecule has 0 spiro atoms. The molecule has 0 N–H and O–H groups in total. The average Bonchev–Trinajstić information content (AvgIpc) is 2.53. The summed E-state index contributed by atoms with van der Waals surface area (Å²) in [6, 6.07) is 8.33. The van der Waals surface area contributed by atoms with Crippen molar-refractivity contribution >= 4 is 47.9 Å². The van der Waals surface area contributed by atoms with Gasteiger partial charge in [0.1, 0.15) is 0 Å². The zero-order chi connectivity index (χ0) is 16.1.